The zero-order chi connectivity index (χ0) is 9.14. The minimum atomic E-state index is -0.810. The summed E-state index contributed by atoms with van der Waals surface area (Å²) in [6.07, 6.45) is 0. The van der Waals surface area contributed by atoms with Gasteiger partial charge in [-0.15, -0.1) is 0 Å². The largest absolute Gasteiger partial charge is 0.392 e. The minimum Gasteiger partial charge on any atom is -0.392 e. The molecule has 12 heavy (non-hydrogen) atoms. The van der Waals surface area contributed by atoms with Crippen LogP contribution in [0.4, 0.5) is 14.5 Å². The average Bonchev–Trinajstić information content (AvgIpc) is 2.08. The monoisotopic (exact) mass is 169 g/mol. The van der Waals surface area contributed by atoms with Gasteiger partial charge in [-0.05, 0) is 12.1 Å². The van der Waals surface area contributed by atoms with Gasteiger partial charge in [0.15, 0.2) is 0 Å². The third-order valence-corrected chi connectivity index (χ3v) is 1.41. The molecule has 0 aliphatic heterocycles. The van der Waals surface area contributed by atoms with Crippen LogP contribution in [0.25, 0.3) is 4.85 Å². The molecular weight excluding hydrogens is 164 g/mol. The first-order chi connectivity index (χ1) is 5.69. The first kappa shape index (κ1) is 8.62. The van der Waals surface area contributed by atoms with E-state index in [-0.39, 0.29) is 11.3 Å². The van der Waals surface area contributed by atoms with Crippen molar-refractivity contribution in [1.29, 1.82) is 0 Å². The molecule has 0 aromatic heterocycles. The van der Waals surface area contributed by atoms with Gasteiger partial charge < -0.3 is 5.11 Å². The summed E-state index contributed by atoms with van der Waals surface area (Å²) >= 11 is 0. The molecule has 1 aromatic carbocycles. The van der Waals surface area contributed by atoms with Crippen molar-refractivity contribution in [3.63, 3.8) is 0 Å². The lowest BCUT2D eigenvalue weighted by molar-refractivity contribution is 0.275. The van der Waals surface area contributed by atoms with Crippen LogP contribution in [-0.2, 0) is 6.61 Å². The Hall–Kier alpha value is -1.47. The average molecular weight is 169 g/mol. The van der Waals surface area contributed by atoms with Crippen LogP contribution in [0.5, 0.6) is 0 Å². The molecular formula is C8H5F2NO. The summed E-state index contributed by atoms with van der Waals surface area (Å²) < 4.78 is 25.5. The van der Waals surface area contributed by atoms with Crippen molar-refractivity contribution < 1.29 is 13.9 Å². The van der Waals surface area contributed by atoms with Gasteiger partial charge >= 0.3 is 0 Å². The zero-order valence-corrected chi connectivity index (χ0v) is 6.01. The molecule has 0 amide bonds. The molecule has 1 rings (SSSR count). The quantitative estimate of drug-likeness (QED) is 0.639. The van der Waals surface area contributed by atoms with Gasteiger partial charge in [0.05, 0.1) is 13.2 Å². The van der Waals surface area contributed by atoms with Crippen molar-refractivity contribution in [3.8, 4) is 0 Å². The Balaban J connectivity index is 3.28. The van der Waals surface area contributed by atoms with Gasteiger partial charge in [0, 0.05) is 5.56 Å². The third-order valence-electron chi connectivity index (χ3n) is 1.41. The van der Waals surface area contributed by atoms with Crippen LogP contribution in [-0.4, -0.2) is 5.11 Å². The molecule has 0 aliphatic rings. The summed E-state index contributed by atoms with van der Waals surface area (Å²) in [6.45, 7) is 5.90. The van der Waals surface area contributed by atoms with Crippen LogP contribution in [0.15, 0.2) is 12.1 Å². The van der Waals surface area contributed by atoms with Crippen LogP contribution in [0, 0.1) is 18.2 Å². The fourth-order valence-corrected chi connectivity index (χ4v) is 0.784. The van der Waals surface area contributed by atoms with E-state index in [1.807, 2.05) is 0 Å². The summed E-state index contributed by atoms with van der Waals surface area (Å²) in [5.41, 5.74) is -0.510. The molecule has 2 nitrogen and oxygen atoms in total. The number of nitrogens with zero attached hydrogens (tertiary/aromatic N) is 1. The second kappa shape index (κ2) is 3.28. The standard InChI is InChI=1S/C8H5F2NO/c1-11-8-3-6(9)5(4-12)2-7(8)10/h2-3,12H,4H2. The van der Waals surface area contributed by atoms with E-state index in [4.69, 9.17) is 11.7 Å². The van der Waals surface area contributed by atoms with E-state index in [1.54, 1.807) is 0 Å². The number of aliphatic hydroxyl groups excluding tert-OH is 1. The number of aliphatic hydroxyl groups is 1. The maximum atomic E-state index is 12.7. The van der Waals surface area contributed by atoms with E-state index >= 15 is 0 Å². The first-order valence-corrected chi connectivity index (χ1v) is 3.15. The number of halogens is 2. The van der Waals surface area contributed by atoms with Gasteiger partial charge in [0.2, 0.25) is 5.69 Å². The molecule has 0 fully saturated rings. The normalized spacial score (nSPS) is 9.50. The molecule has 4 heteroatoms. The van der Waals surface area contributed by atoms with Crippen LogP contribution in [0.2, 0.25) is 0 Å². The number of benzene rings is 1. The molecule has 1 N–H and O–H groups in total. The van der Waals surface area contributed by atoms with E-state index in [1.165, 1.54) is 0 Å². The van der Waals surface area contributed by atoms with Crippen LogP contribution in [0.3, 0.4) is 0 Å². The van der Waals surface area contributed by atoms with Gasteiger partial charge in [-0.2, -0.15) is 0 Å². The Bertz CT molecular complexity index is 343. The summed E-state index contributed by atoms with van der Waals surface area (Å²) in [7, 11) is 0. The van der Waals surface area contributed by atoms with Crippen molar-refractivity contribution in [1.82, 2.24) is 0 Å². The van der Waals surface area contributed by atoms with Crippen molar-refractivity contribution in [2.24, 2.45) is 0 Å². The van der Waals surface area contributed by atoms with E-state index in [0.717, 1.165) is 12.1 Å². The molecule has 0 radical (unpaired) electrons. The van der Waals surface area contributed by atoms with E-state index in [0.29, 0.717) is 0 Å². The van der Waals surface area contributed by atoms with Gasteiger partial charge in [-0.3, -0.25) is 0 Å². The van der Waals surface area contributed by atoms with Crippen LogP contribution < -0.4 is 0 Å². The summed E-state index contributed by atoms with van der Waals surface area (Å²) in [5.74, 6) is -1.57. The smallest absolute Gasteiger partial charge is 0.224 e. The van der Waals surface area contributed by atoms with Gasteiger partial charge in [-0.1, -0.05) is 0 Å². The number of hydrogen-bond donors (Lipinski definition) is 1. The van der Waals surface area contributed by atoms with Crippen molar-refractivity contribution in [2.45, 2.75) is 6.61 Å². The molecule has 0 bridgehead atoms. The van der Waals surface area contributed by atoms with Crippen molar-refractivity contribution >= 4 is 5.69 Å². The summed E-state index contributed by atoms with van der Waals surface area (Å²) in [5, 5.41) is 8.52. The molecule has 0 atom stereocenters. The molecule has 1 aromatic rings. The highest BCUT2D eigenvalue weighted by Crippen LogP contribution is 2.21. The first-order valence-electron chi connectivity index (χ1n) is 3.15. The molecule has 0 unspecified atom stereocenters. The third kappa shape index (κ3) is 1.41. The lowest BCUT2D eigenvalue weighted by atomic mass is 10.2. The summed E-state index contributed by atoms with van der Waals surface area (Å²) in [6, 6.07) is 1.59. The molecule has 62 valence electrons. The highest BCUT2D eigenvalue weighted by Gasteiger charge is 2.08. The Morgan fingerprint density at radius 3 is 2.50 bits per heavy atom. The Labute approximate surface area is 67.9 Å². The predicted molar refractivity (Wildman–Crippen MR) is 38.5 cm³/mol. The molecule has 0 aliphatic carbocycles. The SMILES string of the molecule is [C-]#[N+]c1cc(F)c(CO)cc1F. The highest BCUT2D eigenvalue weighted by atomic mass is 19.1. The number of rotatable bonds is 1. The fourth-order valence-electron chi connectivity index (χ4n) is 0.784. The maximum Gasteiger partial charge on any atom is 0.224 e. The van der Waals surface area contributed by atoms with E-state index in [2.05, 4.69) is 4.85 Å². The van der Waals surface area contributed by atoms with Gasteiger partial charge in [0.1, 0.15) is 11.6 Å². The second-order valence-electron chi connectivity index (χ2n) is 2.16. The predicted octanol–water partition coefficient (Wildman–Crippen LogP) is 2.01. The molecule has 0 saturated heterocycles. The van der Waals surface area contributed by atoms with Crippen LogP contribution >= 0.6 is 0 Å². The minimum absolute atomic E-state index is 0.139. The van der Waals surface area contributed by atoms with E-state index in [9.17, 15) is 8.78 Å². The molecule has 0 saturated carbocycles. The Kier molecular flexibility index (Phi) is 2.36. The summed E-state index contributed by atoms with van der Waals surface area (Å²) in [4.78, 5) is 2.76. The van der Waals surface area contributed by atoms with E-state index < -0.39 is 18.2 Å². The molecule has 0 spiro atoms. The molecule has 0 heterocycles. The second-order valence-corrected chi connectivity index (χ2v) is 2.16. The lowest BCUT2D eigenvalue weighted by Crippen LogP contribution is -1.90. The van der Waals surface area contributed by atoms with Gasteiger partial charge in [-0.25, -0.2) is 13.6 Å². The maximum absolute atomic E-state index is 12.7. The Morgan fingerprint density at radius 2 is 2.00 bits per heavy atom. The van der Waals surface area contributed by atoms with Crippen LogP contribution in [0.1, 0.15) is 5.56 Å². The zero-order valence-electron chi connectivity index (χ0n) is 6.01. The highest BCUT2D eigenvalue weighted by molar-refractivity contribution is 5.47. The fraction of sp³-hybridized carbons (Fsp3) is 0.125. The van der Waals surface area contributed by atoms with Crippen molar-refractivity contribution in [2.75, 3.05) is 0 Å². The topological polar surface area (TPSA) is 24.6 Å². The van der Waals surface area contributed by atoms with Gasteiger partial charge in [0.25, 0.3) is 0 Å². The lowest BCUT2D eigenvalue weighted by Gasteiger charge is -1.99. The Morgan fingerprint density at radius 1 is 1.33 bits per heavy atom. The van der Waals surface area contributed by atoms with Crippen molar-refractivity contribution in [3.05, 3.63) is 40.7 Å². The number of hydrogen-bond acceptors (Lipinski definition) is 1.